The fraction of sp³-hybridized carbons (Fsp3) is 0.143. The van der Waals surface area contributed by atoms with Gasteiger partial charge in [0.05, 0.1) is 4.92 Å². The fourth-order valence-electron chi connectivity index (χ4n) is 1.76. The van der Waals surface area contributed by atoms with Gasteiger partial charge in [0.25, 0.3) is 5.69 Å². The molecule has 0 aliphatic heterocycles. The van der Waals surface area contributed by atoms with Crippen molar-refractivity contribution in [2.24, 2.45) is 5.73 Å². The first kappa shape index (κ1) is 18.0. The molecular formula is C14H15Cl2N3O3. The van der Waals surface area contributed by atoms with Gasteiger partial charge in [-0.05, 0) is 18.2 Å². The quantitative estimate of drug-likeness (QED) is 0.614. The average Bonchev–Trinajstić information content (AvgIpc) is 2.48. The van der Waals surface area contributed by atoms with Gasteiger partial charge in [-0.15, -0.1) is 12.4 Å². The number of hydrogen-bond acceptors (Lipinski definition) is 5. The molecule has 2 aromatic rings. The molecule has 0 heterocycles. The number of ether oxygens (including phenoxy) is 1. The highest BCUT2D eigenvalue weighted by atomic mass is 35.5. The number of nitrogens with one attached hydrogen (secondary N) is 1. The zero-order valence-electron chi connectivity index (χ0n) is 11.5. The van der Waals surface area contributed by atoms with E-state index in [4.69, 9.17) is 22.1 Å². The van der Waals surface area contributed by atoms with Crippen LogP contribution in [0, 0.1) is 10.1 Å². The molecular weight excluding hydrogens is 329 g/mol. The van der Waals surface area contributed by atoms with Crippen LogP contribution in [-0.4, -0.2) is 18.0 Å². The van der Waals surface area contributed by atoms with Gasteiger partial charge in [0.15, 0.2) is 0 Å². The summed E-state index contributed by atoms with van der Waals surface area (Å²) in [4.78, 5) is 10.5. The van der Waals surface area contributed by atoms with Crippen molar-refractivity contribution in [1.82, 2.24) is 0 Å². The normalized spacial score (nSPS) is 9.73. The summed E-state index contributed by atoms with van der Waals surface area (Å²) in [5.41, 5.74) is 5.50. The van der Waals surface area contributed by atoms with Gasteiger partial charge in [0, 0.05) is 19.2 Å². The Labute approximate surface area is 138 Å². The third-order valence-corrected chi connectivity index (χ3v) is 3.07. The second kappa shape index (κ2) is 8.43. The van der Waals surface area contributed by atoms with Gasteiger partial charge in [-0.25, -0.2) is 0 Å². The van der Waals surface area contributed by atoms with E-state index in [0.717, 1.165) is 0 Å². The lowest BCUT2D eigenvalue weighted by atomic mass is 10.2. The molecule has 22 heavy (non-hydrogen) atoms. The molecule has 0 unspecified atom stereocenters. The number of nitrogens with zero attached hydrogens (tertiary/aromatic N) is 1. The summed E-state index contributed by atoms with van der Waals surface area (Å²) in [7, 11) is 0. The van der Waals surface area contributed by atoms with E-state index in [2.05, 4.69) is 5.32 Å². The molecule has 0 aromatic heterocycles. The molecule has 6 nitrogen and oxygen atoms in total. The van der Waals surface area contributed by atoms with E-state index in [9.17, 15) is 10.1 Å². The molecule has 0 aliphatic rings. The maximum atomic E-state index is 11.0. The maximum absolute atomic E-state index is 11.0. The first-order chi connectivity index (χ1) is 10.1. The summed E-state index contributed by atoms with van der Waals surface area (Å²) in [6.45, 7) is 0.701. The number of benzene rings is 2. The van der Waals surface area contributed by atoms with Gasteiger partial charge >= 0.3 is 0 Å². The SMILES string of the molecule is Cl.NCCNc1c([N+](=O)[O-])ccc(Oc2ccccc2)c1Cl. The largest absolute Gasteiger partial charge is 0.456 e. The monoisotopic (exact) mass is 343 g/mol. The number of nitrogens with two attached hydrogens (primary N) is 1. The first-order valence-corrected chi connectivity index (χ1v) is 6.65. The third-order valence-electron chi connectivity index (χ3n) is 2.70. The Balaban J connectivity index is 0.00000242. The molecule has 0 saturated heterocycles. The van der Waals surface area contributed by atoms with E-state index in [1.54, 1.807) is 12.1 Å². The van der Waals surface area contributed by atoms with Crippen LogP contribution in [0.15, 0.2) is 42.5 Å². The Kier molecular flexibility index (Phi) is 6.91. The summed E-state index contributed by atoms with van der Waals surface area (Å²) < 4.78 is 5.64. The number of nitro groups is 1. The summed E-state index contributed by atoms with van der Waals surface area (Å²) >= 11 is 6.21. The molecule has 3 N–H and O–H groups in total. The second-order valence-electron chi connectivity index (χ2n) is 4.16. The molecule has 2 rings (SSSR count). The van der Waals surface area contributed by atoms with Crippen molar-refractivity contribution in [2.45, 2.75) is 0 Å². The minimum Gasteiger partial charge on any atom is -0.456 e. The minimum atomic E-state index is -0.503. The summed E-state index contributed by atoms with van der Waals surface area (Å²) in [5.74, 6) is 0.936. The minimum absolute atomic E-state index is 0. The Bertz CT molecular complexity index is 639. The molecule has 0 bridgehead atoms. The number of halogens is 2. The Morgan fingerprint density at radius 2 is 1.91 bits per heavy atom. The van der Waals surface area contributed by atoms with Crippen LogP contribution in [0.1, 0.15) is 0 Å². The molecule has 0 atom stereocenters. The van der Waals surface area contributed by atoms with Crippen LogP contribution in [0.25, 0.3) is 0 Å². The van der Waals surface area contributed by atoms with Gasteiger partial charge in [-0.2, -0.15) is 0 Å². The van der Waals surface area contributed by atoms with E-state index < -0.39 is 4.92 Å². The first-order valence-electron chi connectivity index (χ1n) is 6.27. The topological polar surface area (TPSA) is 90.4 Å². The van der Waals surface area contributed by atoms with E-state index in [0.29, 0.717) is 24.6 Å². The van der Waals surface area contributed by atoms with Crippen molar-refractivity contribution in [3.8, 4) is 11.5 Å². The maximum Gasteiger partial charge on any atom is 0.294 e. The highest BCUT2D eigenvalue weighted by molar-refractivity contribution is 6.35. The summed E-state index contributed by atoms with van der Waals surface area (Å²) in [5, 5.41) is 14.1. The predicted molar refractivity (Wildman–Crippen MR) is 89.4 cm³/mol. The van der Waals surface area contributed by atoms with Crippen molar-refractivity contribution >= 4 is 35.4 Å². The predicted octanol–water partition coefficient (Wildman–Crippen LogP) is 3.83. The van der Waals surface area contributed by atoms with E-state index in [-0.39, 0.29) is 28.8 Å². The summed E-state index contributed by atoms with van der Waals surface area (Å²) in [6, 6.07) is 11.9. The van der Waals surface area contributed by atoms with Crippen molar-refractivity contribution in [3.63, 3.8) is 0 Å². The van der Waals surface area contributed by atoms with E-state index >= 15 is 0 Å². The molecule has 0 spiro atoms. The molecule has 2 aromatic carbocycles. The van der Waals surface area contributed by atoms with Crippen molar-refractivity contribution < 1.29 is 9.66 Å². The van der Waals surface area contributed by atoms with Crippen LogP contribution >= 0.6 is 24.0 Å². The number of rotatable bonds is 6. The van der Waals surface area contributed by atoms with Gasteiger partial charge in [-0.1, -0.05) is 29.8 Å². The van der Waals surface area contributed by atoms with Crippen molar-refractivity contribution in [2.75, 3.05) is 18.4 Å². The van der Waals surface area contributed by atoms with Gasteiger partial charge < -0.3 is 15.8 Å². The molecule has 0 fully saturated rings. The highest BCUT2D eigenvalue weighted by Gasteiger charge is 2.20. The van der Waals surface area contributed by atoms with E-state index in [1.807, 2.05) is 18.2 Å². The zero-order chi connectivity index (χ0) is 15.2. The molecule has 8 heteroatoms. The second-order valence-corrected chi connectivity index (χ2v) is 4.54. The number of anilines is 1. The standard InChI is InChI=1S/C14H14ClN3O3.ClH/c15-13-12(21-10-4-2-1-3-5-10)7-6-11(18(19)20)14(13)17-9-8-16;/h1-7,17H,8-9,16H2;1H. The smallest absolute Gasteiger partial charge is 0.294 e. The van der Waals surface area contributed by atoms with Crippen molar-refractivity contribution in [3.05, 3.63) is 57.6 Å². The van der Waals surface area contributed by atoms with Gasteiger partial charge in [0.2, 0.25) is 0 Å². The third kappa shape index (κ3) is 4.24. The lowest BCUT2D eigenvalue weighted by molar-refractivity contribution is -0.384. The molecule has 0 aliphatic carbocycles. The van der Waals surface area contributed by atoms with E-state index in [1.165, 1.54) is 12.1 Å². The van der Waals surface area contributed by atoms with Crippen LogP contribution < -0.4 is 15.8 Å². The fourth-order valence-corrected chi connectivity index (χ4v) is 2.02. The highest BCUT2D eigenvalue weighted by Crippen LogP contribution is 2.40. The lowest BCUT2D eigenvalue weighted by Gasteiger charge is -2.12. The summed E-state index contributed by atoms with van der Waals surface area (Å²) in [6.07, 6.45) is 0. The molecule has 0 radical (unpaired) electrons. The van der Waals surface area contributed by atoms with Gasteiger partial charge in [-0.3, -0.25) is 10.1 Å². The lowest BCUT2D eigenvalue weighted by Crippen LogP contribution is -2.14. The molecule has 0 saturated carbocycles. The Morgan fingerprint density at radius 1 is 1.23 bits per heavy atom. The Hall–Kier alpha value is -2.02. The van der Waals surface area contributed by atoms with Crippen LogP contribution in [0.4, 0.5) is 11.4 Å². The van der Waals surface area contributed by atoms with Gasteiger partial charge in [0.1, 0.15) is 22.2 Å². The Morgan fingerprint density at radius 3 is 2.50 bits per heavy atom. The molecule has 0 amide bonds. The number of para-hydroxylation sites is 1. The zero-order valence-corrected chi connectivity index (χ0v) is 13.1. The molecule has 118 valence electrons. The number of hydrogen-bond donors (Lipinski definition) is 2. The van der Waals surface area contributed by atoms with Crippen LogP contribution in [-0.2, 0) is 0 Å². The number of nitro benzene ring substituents is 1. The van der Waals surface area contributed by atoms with Crippen molar-refractivity contribution in [1.29, 1.82) is 0 Å². The van der Waals surface area contributed by atoms with Crippen LogP contribution in [0.5, 0.6) is 11.5 Å². The van der Waals surface area contributed by atoms with Crippen LogP contribution in [0.2, 0.25) is 5.02 Å². The van der Waals surface area contributed by atoms with Crippen LogP contribution in [0.3, 0.4) is 0 Å². The average molecular weight is 344 g/mol.